The van der Waals surface area contributed by atoms with Crippen LogP contribution < -0.4 is 10.1 Å². The molecule has 0 spiro atoms. The second-order valence-electron chi connectivity index (χ2n) is 3.73. The van der Waals surface area contributed by atoms with Gasteiger partial charge in [0.1, 0.15) is 6.61 Å². The summed E-state index contributed by atoms with van der Waals surface area (Å²) in [5.74, 6) is -0.0966. The molecule has 0 saturated carbocycles. The molecule has 0 aliphatic heterocycles. The lowest BCUT2D eigenvalue weighted by molar-refractivity contribution is -0.386. The molecule has 0 unspecified atom stereocenters. The van der Waals surface area contributed by atoms with E-state index in [4.69, 9.17) is 4.74 Å². The highest BCUT2D eigenvalue weighted by Gasteiger charge is 2.28. The molecule has 0 saturated heterocycles. The summed E-state index contributed by atoms with van der Waals surface area (Å²) in [6.45, 7) is -0.747. The number of nitro benzene ring substituents is 1. The number of benzene rings is 1. The molecular formula is C11H13F3N2O4. The van der Waals surface area contributed by atoms with E-state index in [2.05, 4.69) is 10.1 Å². The van der Waals surface area contributed by atoms with Gasteiger partial charge in [0.05, 0.1) is 11.5 Å². The zero-order valence-electron chi connectivity index (χ0n) is 10.6. The molecule has 0 fully saturated rings. The zero-order valence-corrected chi connectivity index (χ0v) is 10.6. The summed E-state index contributed by atoms with van der Waals surface area (Å²) in [5, 5.41) is 13.7. The predicted molar refractivity (Wildman–Crippen MR) is 63.4 cm³/mol. The van der Waals surface area contributed by atoms with Gasteiger partial charge in [-0.1, -0.05) is 6.07 Å². The Hall–Kier alpha value is -1.87. The van der Waals surface area contributed by atoms with E-state index in [-0.39, 0.29) is 11.4 Å². The maximum absolute atomic E-state index is 11.7. The first-order valence-corrected chi connectivity index (χ1v) is 5.59. The highest BCUT2D eigenvalue weighted by atomic mass is 19.4. The minimum atomic E-state index is -4.74. The summed E-state index contributed by atoms with van der Waals surface area (Å²) in [6, 6.07) is 4.23. The van der Waals surface area contributed by atoms with Crippen molar-refractivity contribution in [2.24, 2.45) is 0 Å². The van der Waals surface area contributed by atoms with Gasteiger partial charge in [0.15, 0.2) is 5.75 Å². The molecule has 0 atom stereocenters. The van der Waals surface area contributed by atoms with Crippen LogP contribution in [0.5, 0.6) is 5.75 Å². The molecule has 0 aliphatic rings. The highest BCUT2D eigenvalue weighted by Crippen LogP contribution is 2.28. The van der Waals surface area contributed by atoms with E-state index in [0.717, 1.165) is 0 Å². The van der Waals surface area contributed by atoms with E-state index >= 15 is 0 Å². The van der Waals surface area contributed by atoms with Crippen molar-refractivity contribution in [2.75, 3.05) is 20.3 Å². The Morgan fingerprint density at radius 1 is 1.35 bits per heavy atom. The van der Waals surface area contributed by atoms with E-state index in [0.29, 0.717) is 12.1 Å². The third kappa shape index (κ3) is 5.41. The quantitative estimate of drug-likeness (QED) is 0.474. The van der Waals surface area contributed by atoms with E-state index in [1.165, 1.54) is 12.1 Å². The smallest absolute Gasteiger partial charge is 0.484 e. The van der Waals surface area contributed by atoms with Gasteiger partial charge in [-0.2, -0.15) is 0 Å². The van der Waals surface area contributed by atoms with Crippen LogP contribution in [0.2, 0.25) is 0 Å². The molecule has 1 N–H and O–H groups in total. The molecule has 0 bridgehead atoms. The van der Waals surface area contributed by atoms with Crippen LogP contribution in [0.15, 0.2) is 18.2 Å². The summed E-state index contributed by atoms with van der Waals surface area (Å²) >= 11 is 0. The number of nitrogens with zero attached hydrogens (tertiary/aromatic N) is 1. The Balaban J connectivity index is 2.67. The molecular weight excluding hydrogens is 281 g/mol. The van der Waals surface area contributed by atoms with Crippen LogP contribution in [0.3, 0.4) is 0 Å². The van der Waals surface area contributed by atoms with E-state index in [9.17, 15) is 23.3 Å². The topological polar surface area (TPSA) is 73.6 Å². The molecule has 1 aromatic rings. The average molecular weight is 294 g/mol. The second-order valence-corrected chi connectivity index (χ2v) is 3.73. The second kappa shape index (κ2) is 7.06. The van der Waals surface area contributed by atoms with Gasteiger partial charge in [0.2, 0.25) is 0 Å². The number of nitrogens with one attached hydrogen (secondary N) is 1. The average Bonchev–Trinajstić information content (AvgIpc) is 2.35. The van der Waals surface area contributed by atoms with Crippen molar-refractivity contribution in [2.45, 2.75) is 12.9 Å². The molecule has 6 nitrogen and oxygen atoms in total. The van der Waals surface area contributed by atoms with Gasteiger partial charge in [0.25, 0.3) is 0 Å². The van der Waals surface area contributed by atoms with Gasteiger partial charge in [-0.3, -0.25) is 14.9 Å². The van der Waals surface area contributed by atoms with Crippen molar-refractivity contribution in [1.82, 2.24) is 5.32 Å². The largest absolute Gasteiger partial charge is 0.522 e. The van der Waals surface area contributed by atoms with Gasteiger partial charge in [-0.05, 0) is 18.7 Å². The first-order chi connectivity index (χ1) is 9.33. The summed E-state index contributed by atoms with van der Waals surface area (Å²) in [6.07, 6.45) is -4.74. The fraction of sp³-hybridized carbons (Fsp3) is 0.455. The highest BCUT2D eigenvalue weighted by molar-refractivity contribution is 5.48. The van der Waals surface area contributed by atoms with Crippen molar-refractivity contribution in [3.8, 4) is 5.75 Å². The van der Waals surface area contributed by atoms with Crippen molar-refractivity contribution in [1.29, 1.82) is 0 Å². The summed E-state index contributed by atoms with van der Waals surface area (Å²) in [7, 11) is 1.69. The summed E-state index contributed by atoms with van der Waals surface area (Å²) in [5.41, 5.74) is 0.364. The lowest BCUT2D eigenvalue weighted by Gasteiger charge is -2.10. The standard InChI is InChI=1S/C11H13F3N2O4/c1-15-7-8-2-3-10(9(6-8)16(17)18)19-4-5-20-11(12,13)14/h2-3,6,15H,4-5,7H2,1H3. The Bertz CT molecular complexity index is 465. The van der Waals surface area contributed by atoms with Crippen LogP contribution in [0.1, 0.15) is 5.56 Å². The van der Waals surface area contributed by atoms with Gasteiger partial charge in [-0.15, -0.1) is 13.2 Å². The zero-order chi connectivity index (χ0) is 15.2. The van der Waals surface area contributed by atoms with E-state index in [1.807, 2.05) is 0 Å². The fourth-order valence-electron chi connectivity index (χ4n) is 1.45. The molecule has 9 heteroatoms. The summed E-state index contributed by atoms with van der Waals surface area (Å²) < 4.78 is 43.6. The Labute approximate surface area is 112 Å². The van der Waals surface area contributed by atoms with Gasteiger partial charge in [-0.25, -0.2) is 0 Å². The molecule has 0 aliphatic carbocycles. The Morgan fingerprint density at radius 3 is 2.60 bits per heavy atom. The molecule has 0 amide bonds. The van der Waals surface area contributed by atoms with E-state index in [1.54, 1.807) is 13.1 Å². The SMILES string of the molecule is CNCc1ccc(OCCOC(F)(F)F)c([N+](=O)[O-])c1. The molecule has 0 radical (unpaired) electrons. The number of rotatable bonds is 7. The normalized spacial score (nSPS) is 11.4. The molecule has 20 heavy (non-hydrogen) atoms. The third-order valence-corrected chi connectivity index (χ3v) is 2.21. The first kappa shape index (κ1) is 16.2. The van der Waals surface area contributed by atoms with Gasteiger partial charge in [0, 0.05) is 12.6 Å². The van der Waals surface area contributed by atoms with Crippen LogP contribution >= 0.6 is 0 Å². The van der Waals surface area contributed by atoms with Crippen LogP contribution in [0.4, 0.5) is 18.9 Å². The van der Waals surface area contributed by atoms with Crippen LogP contribution in [0, 0.1) is 10.1 Å². The Kier molecular flexibility index (Phi) is 5.71. The number of ether oxygens (including phenoxy) is 2. The van der Waals surface area contributed by atoms with Gasteiger partial charge >= 0.3 is 12.0 Å². The Morgan fingerprint density at radius 2 is 2.05 bits per heavy atom. The van der Waals surface area contributed by atoms with Crippen LogP contribution in [0.25, 0.3) is 0 Å². The van der Waals surface area contributed by atoms with Crippen molar-refractivity contribution in [3.05, 3.63) is 33.9 Å². The molecule has 0 heterocycles. The minimum Gasteiger partial charge on any atom is -0.484 e. The van der Waals surface area contributed by atoms with E-state index < -0.39 is 24.5 Å². The van der Waals surface area contributed by atoms with Crippen molar-refractivity contribution in [3.63, 3.8) is 0 Å². The number of halogens is 3. The predicted octanol–water partition coefficient (Wildman–Crippen LogP) is 2.23. The summed E-state index contributed by atoms with van der Waals surface area (Å²) in [4.78, 5) is 10.2. The minimum absolute atomic E-state index is 0.0966. The molecule has 0 aromatic heterocycles. The van der Waals surface area contributed by atoms with Crippen LogP contribution in [-0.2, 0) is 11.3 Å². The lowest BCUT2D eigenvalue weighted by Crippen LogP contribution is -2.18. The molecule has 112 valence electrons. The lowest BCUT2D eigenvalue weighted by atomic mass is 10.2. The maximum atomic E-state index is 11.7. The maximum Gasteiger partial charge on any atom is 0.522 e. The number of nitro groups is 1. The van der Waals surface area contributed by atoms with Crippen LogP contribution in [-0.4, -0.2) is 31.5 Å². The first-order valence-electron chi connectivity index (χ1n) is 5.59. The van der Waals surface area contributed by atoms with Gasteiger partial charge < -0.3 is 10.1 Å². The third-order valence-electron chi connectivity index (χ3n) is 2.21. The van der Waals surface area contributed by atoms with Crippen molar-refractivity contribution < 1.29 is 27.6 Å². The van der Waals surface area contributed by atoms with Crippen molar-refractivity contribution >= 4 is 5.69 Å². The number of alkyl halides is 3. The fourth-order valence-corrected chi connectivity index (χ4v) is 1.45. The monoisotopic (exact) mass is 294 g/mol. The molecule has 1 rings (SSSR count). The number of hydrogen-bond acceptors (Lipinski definition) is 5. The number of hydrogen-bond donors (Lipinski definition) is 1. The molecule has 1 aromatic carbocycles.